The standard InChI is InChI=1S/C22H23N3O4/c1-25-13-18(16-8-2-4-10-19(16)25)22(27)24-23-21(26)17-9-3-5-11-20(17)29-14-15-7-6-12-28-15/h2-5,8-11,13,15H,6-7,12,14H2,1H3,(H,23,26)(H,24,27). The average molecular weight is 393 g/mol. The van der Waals surface area contributed by atoms with Gasteiger partial charge < -0.3 is 14.0 Å². The Morgan fingerprint density at radius 1 is 1.07 bits per heavy atom. The second-order valence-corrected chi connectivity index (χ2v) is 7.02. The average Bonchev–Trinajstić information content (AvgIpc) is 3.39. The Kier molecular flexibility index (Phi) is 5.48. The molecule has 150 valence electrons. The molecule has 1 aliphatic heterocycles. The predicted octanol–water partition coefficient (Wildman–Crippen LogP) is 2.81. The molecule has 0 aliphatic carbocycles. The first-order valence-corrected chi connectivity index (χ1v) is 9.61. The summed E-state index contributed by atoms with van der Waals surface area (Å²) in [5.41, 5.74) is 6.76. The fourth-order valence-corrected chi connectivity index (χ4v) is 3.51. The Morgan fingerprint density at radius 3 is 2.59 bits per heavy atom. The lowest BCUT2D eigenvalue weighted by Crippen LogP contribution is -2.41. The third-order valence-electron chi connectivity index (χ3n) is 5.01. The molecule has 0 saturated carbocycles. The van der Waals surface area contributed by atoms with Crippen LogP contribution in [0.2, 0.25) is 0 Å². The molecule has 3 aromatic rings. The SMILES string of the molecule is Cn1cc(C(=O)NNC(=O)c2ccccc2OCC2CCCO2)c2ccccc21. The van der Waals surface area contributed by atoms with Crippen molar-refractivity contribution in [3.05, 3.63) is 65.9 Å². The van der Waals surface area contributed by atoms with Crippen LogP contribution in [0.15, 0.2) is 54.7 Å². The number of fused-ring (bicyclic) bond motifs is 1. The van der Waals surface area contributed by atoms with Crippen molar-refractivity contribution in [1.29, 1.82) is 0 Å². The van der Waals surface area contributed by atoms with E-state index < -0.39 is 5.91 Å². The number of hydrogen-bond donors (Lipinski definition) is 2. The number of carbonyl (C=O) groups is 2. The molecule has 2 amide bonds. The van der Waals surface area contributed by atoms with Crippen LogP contribution >= 0.6 is 0 Å². The van der Waals surface area contributed by atoms with Gasteiger partial charge in [-0.1, -0.05) is 30.3 Å². The summed E-state index contributed by atoms with van der Waals surface area (Å²) < 4.78 is 13.2. The number of amides is 2. The molecule has 4 rings (SSSR count). The molecule has 1 unspecified atom stereocenters. The van der Waals surface area contributed by atoms with Gasteiger partial charge >= 0.3 is 0 Å². The molecule has 0 bridgehead atoms. The van der Waals surface area contributed by atoms with Crippen molar-refractivity contribution in [2.45, 2.75) is 18.9 Å². The van der Waals surface area contributed by atoms with E-state index in [-0.39, 0.29) is 12.0 Å². The zero-order chi connectivity index (χ0) is 20.2. The maximum absolute atomic E-state index is 12.6. The Bertz CT molecular complexity index is 1040. The monoisotopic (exact) mass is 393 g/mol. The summed E-state index contributed by atoms with van der Waals surface area (Å²) in [5.74, 6) is -0.366. The predicted molar refractivity (Wildman–Crippen MR) is 109 cm³/mol. The van der Waals surface area contributed by atoms with Crippen LogP contribution in [-0.4, -0.2) is 35.7 Å². The summed E-state index contributed by atoms with van der Waals surface area (Å²) in [6.45, 7) is 1.14. The molecule has 2 heterocycles. The highest BCUT2D eigenvalue weighted by molar-refractivity contribution is 6.08. The lowest BCUT2D eigenvalue weighted by molar-refractivity contribution is 0.0669. The number of aryl methyl sites for hydroxylation is 1. The summed E-state index contributed by atoms with van der Waals surface area (Å²) >= 11 is 0. The van der Waals surface area contributed by atoms with Gasteiger partial charge in [0, 0.05) is 30.8 Å². The second kappa shape index (κ2) is 8.36. The summed E-state index contributed by atoms with van der Waals surface area (Å²) in [4.78, 5) is 25.2. The number of nitrogens with zero attached hydrogens (tertiary/aromatic N) is 1. The molecule has 29 heavy (non-hydrogen) atoms. The van der Waals surface area contributed by atoms with E-state index in [1.54, 1.807) is 30.5 Å². The number of nitrogens with one attached hydrogen (secondary N) is 2. The van der Waals surface area contributed by atoms with Crippen LogP contribution in [0, 0.1) is 0 Å². The van der Waals surface area contributed by atoms with Gasteiger partial charge in [0.05, 0.1) is 17.2 Å². The minimum atomic E-state index is -0.443. The zero-order valence-electron chi connectivity index (χ0n) is 16.2. The number of para-hydroxylation sites is 2. The van der Waals surface area contributed by atoms with E-state index in [1.807, 2.05) is 35.9 Å². The lowest BCUT2D eigenvalue weighted by atomic mass is 10.1. The Labute approximate surface area is 168 Å². The van der Waals surface area contributed by atoms with Crippen LogP contribution in [-0.2, 0) is 11.8 Å². The minimum Gasteiger partial charge on any atom is -0.490 e. The smallest absolute Gasteiger partial charge is 0.273 e. The maximum Gasteiger partial charge on any atom is 0.273 e. The van der Waals surface area contributed by atoms with Crippen molar-refractivity contribution in [2.75, 3.05) is 13.2 Å². The van der Waals surface area contributed by atoms with Gasteiger partial charge in [-0.25, -0.2) is 0 Å². The molecule has 7 nitrogen and oxygen atoms in total. The summed E-state index contributed by atoms with van der Waals surface area (Å²) in [6.07, 6.45) is 3.77. The van der Waals surface area contributed by atoms with Crippen LogP contribution in [0.3, 0.4) is 0 Å². The van der Waals surface area contributed by atoms with E-state index in [0.717, 1.165) is 30.4 Å². The van der Waals surface area contributed by atoms with Gasteiger partial charge in [0.25, 0.3) is 11.8 Å². The van der Waals surface area contributed by atoms with Crippen molar-refractivity contribution < 1.29 is 19.1 Å². The van der Waals surface area contributed by atoms with E-state index in [9.17, 15) is 9.59 Å². The fraction of sp³-hybridized carbons (Fsp3) is 0.273. The molecular formula is C22H23N3O4. The van der Waals surface area contributed by atoms with Gasteiger partial charge in [0.2, 0.25) is 0 Å². The van der Waals surface area contributed by atoms with E-state index in [1.165, 1.54) is 0 Å². The molecule has 7 heteroatoms. The maximum atomic E-state index is 12.6. The van der Waals surface area contributed by atoms with Gasteiger partial charge in [-0.3, -0.25) is 20.4 Å². The van der Waals surface area contributed by atoms with Crippen LogP contribution < -0.4 is 15.6 Å². The van der Waals surface area contributed by atoms with Crippen LogP contribution in [0.4, 0.5) is 0 Å². The number of carbonyl (C=O) groups excluding carboxylic acids is 2. The minimum absolute atomic E-state index is 0.0529. The second-order valence-electron chi connectivity index (χ2n) is 7.02. The van der Waals surface area contributed by atoms with Gasteiger partial charge in [-0.15, -0.1) is 0 Å². The first-order valence-electron chi connectivity index (χ1n) is 9.61. The number of hydrogen-bond acceptors (Lipinski definition) is 4. The van der Waals surface area contributed by atoms with Crippen molar-refractivity contribution >= 4 is 22.7 Å². The normalized spacial score (nSPS) is 16.0. The van der Waals surface area contributed by atoms with Crippen molar-refractivity contribution in [3.8, 4) is 5.75 Å². The Balaban J connectivity index is 1.42. The molecule has 2 N–H and O–H groups in total. The van der Waals surface area contributed by atoms with Gasteiger partial charge in [-0.05, 0) is 31.0 Å². The third-order valence-corrected chi connectivity index (χ3v) is 5.01. The van der Waals surface area contributed by atoms with E-state index >= 15 is 0 Å². The van der Waals surface area contributed by atoms with Gasteiger partial charge in [-0.2, -0.15) is 0 Å². The molecule has 0 radical (unpaired) electrons. The first kappa shape index (κ1) is 19.0. The number of benzene rings is 2. The van der Waals surface area contributed by atoms with E-state index in [0.29, 0.717) is 23.5 Å². The van der Waals surface area contributed by atoms with Crippen LogP contribution in [0.1, 0.15) is 33.6 Å². The number of hydrazine groups is 1. The Hall–Kier alpha value is -3.32. The number of aromatic nitrogens is 1. The zero-order valence-corrected chi connectivity index (χ0v) is 16.2. The van der Waals surface area contributed by atoms with Crippen molar-refractivity contribution in [3.63, 3.8) is 0 Å². The fourth-order valence-electron chi connectivity index (χ4n) is 3.51. The quantitative estimate of drug-likeness (QED) is 0.653. The van der Waals surface area contributed by atoms with Crippen LogP contribution in [0.5, 0.6) is 5.75 Å². The molecule has 1 aromatic heterocycles. The first-order chi connectivity index (χ1) is 14.1. The molecule has 0 spiro atoms. The van der Waals surface area contributed by atoms with Crippen molar-refractivity contribution in [1.82, 2.24) is 15.4 Å². The topological polar surface area (TPSA) is 81.6 Å². The van der Waals surface area contributed by atoms with Crippen LogP contribution in [0.25, 0.3) is 10.9 Å². The summed E-state index contributed by atoms with van der Waals surface area (Å²) in [5, 5.41) is 0.821. The van der Waals surface area contributed by atoms with Gasteiger partial charge in [0.15, 0.2) is 0 Å². The summed E-state index contributed by atoms with van der Waals surface area (Å²) in [7, 11) is 1.87. The van der Waals surface area contributed by atoms with E-state index in [2.05, 4.69) is 10.9 Å². The number of rotatable bonds is 5. The summed E-state index contributed by atoms with van der Waals surface area (Å²) in [6, 6.07) is 14.5. The molecule has 1 atom stereocenters. The number of ether oxygens (including phenoxy) is 2. The highest BCUT2D eigenvalue weighted by Crippen LogP contribution is 2.21. The van der Waals surface area contributed by atoms with E-state index in [4.69, 9.17) is 9.47 Å². The van der Waals surface area contributed by atoms with Crippen molar-refractivity contribution in [2.24, 2.45) is 7.05 Å². The Morgan fingerprint density at radius 2 is 1.79 bits per heavy atom. The highest BCUT2D eigenvalue weighted by atomic mass is 16.5. The molecule has 1 aliphatic rings. The highest BCUT2D eigenvalue weighted by Gasteiger charge is 2.19. The molecular weight excluding hydrogens is 370 g/mol. The van der Waals surface area contributed by atoms with Gasteiger partial charge in [0.1, 0.15) is 12.4 Å². The molecule has 1 fully saturated rings. The molecule has 2 aromatic carbocycles. The lowest BCUT2D eigenvalue weighted by Gasteiger charge is -2.14. The third kappa shape index (κ3) is 4.09. The molecule has 1 saturated heterocycles. The largest absolute Gasteiger partial charge is 0.490 e.